The molecule has 0 fully saturated rings. The SMILES string of the molecule is CC1(C)CCC(C)(C)c2c1cc1c(c2[N+](=O)[O-])CCCC1. The summed E-state index contributed by atoms with van der Waals surface area (Å²) < 4.78 is 0. The molecule has 3 nitrogen and oxygen atoms in total. The molecular formula is C18H25NO2. The molecule has 0 amide bonds. The number of nitro groups is 1. The average molecular weight is 287 g/mol. The number of benzene rings is 1. The van der Waals surface area contributed by atoms with Crippen molar-refractivity contribution in [1.82, 2.24) is 0 Å². The second-order valence-corrected chi connectivity index (χ2v) is 8.02. The van der Waals surface area contributed by atoms with E-state index in [1.54, 1.807) is 0 Å². The Bertz CT molecular complexity index is 614. The van der Waals surface area contributed by atoms with Crippen LogP contribution in [0.15, 0.2) is 6.07 Å². The van der Waals surface area contributed by atoms with Crippen LogP contribution in [0.1, 0.15) is 75.6 Å². The fraction of sp³-hybridized carbons (Fsp3) is 0.667. The standard InChI is InChI=1S/C18H25NO2/c1-17(2)9-10-18(3,4)15-14(17)11-12-7-5-6-8-13(12)16(15)19(20)21/h11H,5-10H2,1-4H3. The predicted molar refractivity (Wildman–Crippen MR) is 85.0 cm³/mol. The molecule has 0 unspecified atom stereocenters. The van der Waals surface area contributed by atoms with Crippen molar-refractivity contribution in [2.24, 2.45) is 0 Å². The summed E-state index contributed by atoms with van der Waals surface area (Å²) in [5.41, 5.74) is 4.89. The lowest BCUT2D eigenvalue weighted by molar-refractivity contribution is -0.387. The quantitative estimate of drug-likeness (QED) is 0.549. The van der Waals surface area contributed by atoms with E-state index in [0.29, 0.717) is 5.69 Å². The lowest BCUT2D eigenvalue weighted by Gasteiger charge is -2.42. The lowest BCUT2D eigenvalue weighted by Crippen LogP contribution is -2.35. The minimum atomic E-state index is -0.105. The Morgan fingerprint density at radius 1 is 1.05 bits per heavy atom. The van der Waals surface area contributed by atoms with E-state index in [4.69, 9.17) is 0 Å². The van der Waals surface area contributed by atoms with E-state index in [9.17, 15) is 10.1 Å². The molecule has 0 saturated heterocycles. The molecule has 3 rings (SSSR count). The van der Waals surface area contributed by atoms with Crippen LogP contribution in [0.3, 0.4) is 0 Å². The van der Waals surface area contributed by atoms with Crippen molar-refractivity contribution in [2.75, 3.05) is 0 Å². The Hall–Kier alpha value is -1.38. The first kappa shape index (κ1) is 14.6. The number of fused-ring (bicyclic) bond motifs is 2. The van der Waals surface area contributed by atoms with Gasteiger partial charge in [-0.1, -0.05) is 33.8 Å². The topological polar surface area (TPSA) is 43.1 Å². The maximum atomic E-state index is 11.8. The van der Waals surface area contributed by atoms with Crippen LogP contribution in [-0.2, 0) is 23.7 Å². The highest BCUT2D eigenvalue weighted by Crippen LogP contribution is 2.51. The Labute approximate surface area is 126 Å². The van der Waals surface area contributed by atoms with Gasteiger partial charge in [0.25, 0.3) is 5.69 Å². The van der Waals surface area contributed by atoms with Crippen LogP contribution < -0.4 is 0 Å². The maximum Gasteiger partial charge on any atom is 0.276 e. The number of aryl methyl sites for hydroxylation is 1. The van der Waals surface area contributed by atoms with Crippen molar-refractivity contribution in [2.45, 2.75) is 77.0 Å². The van der Waals surface area contributed by atoms with E-state index in [2.05, 4.69) is 33.8 Å². The molecule has 0 radical (unpaired) electrons. The zero-order valence-corrected chi connectivity index (χ0v) is 13.6. The average Bonchev–Trinajstić information content (AvgIpc) is 2.42. The number of nitro benzene ring substituents is 1. The summed E-state index contributed by atoms with van der Waals surface area (Å²) in [5, 5.41) is 11.8. The lowest BCUT2D eigenvalue weighted by atomic mass is 9.61. The summed E-state index contributed by atoms with van der Waals surface area (Å²) in [6, 6.07) is 2.30. The van der Waals surface area contributed by atoms with Gasteiger partial charge in [-0.05, 0) is 60.5 Å². The molecule has 1 aromatic carbocycles. The summed E-state index contributed by atoms with van der Waals surface area (Å²) in [6.07, 6.45) is 6.23. The molecule has 2 aliphatic carbocycles. The second kappa shape index (κ2) is 4.56. The number of hydrogen-bond donors (Lipinski definition) is 0. The number of hydrogen-bond acceptors (Lipinski definition) is 2. The van der Waals surface area contributed by atoms with E-state index in [0.717, 1.165) is 49.7 Å². The van der Waals surface area contributed by atoms with Crippen LogP contribution in [0.4, 0.5) is 5.69 Å². The van der Waals surface area contributed by atoms with Crippen LogP contribution in [-0.4, -0.2) is 4.92 Å². The zero-order chi connectivity index (χ0) is 15.4. The Balaban J connectivity index is 2.38. The highest BCUT2D eigenvalue weighted by atomic mass is 16.6. The first-order valence-corrected chi connectivity index (χ1v) is 8.08. The van der Waals surface area contributed by atoms with Crippen LogP contribution in [0, 0.1) is 10.1 Å². The monoisotopic (exact) mass is 287 g/mol. The summed E-state index contributed by atoms with van der Waals surface area (Å²) in [6.45, 7) is 8.81. The molecule has 0 N–H and O–H groups in total. The summed E-state index contributed by atoms with van der Waals surface area (Å²) in [5.74, 6) is 0. The minimum Gasteiger partial charge on any atom is -0.258 e. The van der Waals surface area contributed by atoms with Gasteiger partial charge in [-0.15, -0.1) is 0 Å². The van der Waals surface area contributed by atoms with Crippen molar-refractivity contribution in [3.8, 4) is 0 Å². The highest BCUT2D eigenvalue weighted by molar-refractivity contribution is 5.62. The third-order valence-corrected chi connectivity index (χ3v) is 5.58. The van der Waals surface area contributed by atoms with Crippen molar-refractivity contribution < 1.29 is 4.92 Å². The van der Waals surface area contributed by atoms with E-state index >= 15 is 0 Å². The van der Waals surface area contributed by atoms with E-state index < -0.39 is 0 Å². The van der Waals surface area contributed by atoms with Gasteiger partial charge in [0.05, 0.1) is 4.92 Å². The fourth-order valence-electron chi connectivity index (χ4n) is 4.19. The molecule has 0 aromatic heterocycles. The van der Waals surface area contributed by atoms with Crippen LogP contribution in [0.2, 0.25) is 0 Å². The predicted octanol–water partition coefficient (Wildman–Crippen LogP) is 4.82. The number of rotatable bonds is 1. The molecule has 0 atom stereocenters. The van der Waals surface area contributed by atoms with Crippen LogP contribution in [0.25, 0.3) is 0 Å². The third kappa shape index (κ3) is 2.18. The van der Waals surface area contributed by atoms with Gasteiger partial charge in [0, 0.05) is 11.1 Å². The van der Waals surface area contributed by atoms with Crippen LogP contribution >= 0.6 is 0 Å². The molecule has 0 bridgehead atoms. The zero-order valence-electron chi connectivity index (χ0n) is 13.6. The van der Waals surface area contributed by atoms with Crippen molar-refractivity contribution in [1.29, 1.82) is 0 Å². The van der Waals surface area contributed by atoms with Gasteiger partial charge >= 0.3 is 0 Å². The molecule has 0 aliphatic heterocycles. The number of nitrogens with zero attached hydrogens (tertiary/aromatic N) is 1. The first-order valence-electron chi connectivity index (χ1n) is 8.08. The molecule has 3 heteroatoms. The Kier molecular flexibility index (Phi) is 3.16. The normalized spacial score (nSPS) is 22.3. The summed E-state index contributed by atoms with van der Waals surface area (Å²) in [4.78, 5) is 11.7. The maximum absolute atomic E-state index is 11.8. The highest BCUT2D eigenvalue weighted by Gasteiger charge is 2.43. The summed E-state index contributed by atoms with van der Waals surface area (Å²) >= 11 is 0. The van der Waals surface area contributed by atoms with Gasteiger partial charge in [-0.2, -0.15) is 0 Å². The van der Waals surface area contributed by atoms with E-state index in [1.165, 1.54) is 11.1 Å². The molecule has 0 spiro atoms. The molecule has 114 valence electrons. The van der Waals surface area contributed by atoms with E-state index in [1.807, 2.05) is 0 Å². The van der Waals surface area contributed by atoms with Gasteiger partial charge in [0.2, 0.25) is 0 Å². The Morgan fingerprint density at radius 3 is 2.33 bits per heavy atom. The van der Waals surface area contributed by atoms with Crippen molar-refractivity contribution >= 4 is 5.69 Å². The van der Waals surface area contributed by atoms with Gasteiger partial charge in [0.1, 0.15) is 0 Å². The van der Waals surface area contributed by atoms with Gasteiger partial charge < -0.3 is 0 Å². The summed E-state index contributed by atoms with van der Waals surface area (Å²) in [7, 11) is 0. The molecule has 2 aliphatic rings. The van der Waals surface area contributed by atoms with Gasteiger partial charge in [-0.25, -0.2) is 0 Å². The van der Waals surface area contributed by atoms with Crippen molar-refractivity contribution in [3.63, 3.8) is 0 Å². The second-order valence-electron chi connectivity index (χ2n) is 8.02. The molecule has 1 aromatic rings. The first-order chi connectivity index (χ1) is 9.74. The van der Waals surface area contributed by atoms with Crippen molar-refractivity contribution in [3.05, 3.63) is 38.4 Å². The fourth-order valence-corrected chi connectivity index (χ4v) is 4.19. The minimum absolute atomic E-state index is 0.0437. The van der Waals surface area contributed by atoms with Crippen LogP contribution in [0.5, 0.6) is 0 Å². The smallest absolute Gasteiger partial charge is 0.258 e. The molecular weight excluding hydrogens is 262 g/mol. The molecule has 0 saturated carbocycles. The molecule has 0 heterocycles. The van der Waals surface area contributed by atoms with E-state index in [-0.39, 0.29) is 15.8 Å². The Morgan fingerprint density at radius 2 is 1.67 bits per heavy atom. The van der Waals surface area contributed by atoms with Gasteiger partial charge in [0.15, 0.2) is 0 Å². The molecule has 21 heavy (non-hydrogen) atoms. The third-order valence-electron chi connectivity index (χ3n) is 5.58. The largest absolute Gasteiger partial charge is 0.276 e. The van der Waals surface area contributed by atoms with Gasteiger partial charge in [-0.3, -0.25) is 10.1 Å².